The molecule has 1 aliphatic rings. The molecule has 0 saturated carbocycles. The van der Waals surface area contributed by atoms with Crippen molar-refractivity contribution in [3.8, 4) is 0 Å². The molecule has 1 fully saturated rings. The SMILES string of the molecule is Cc1cc(=O)n(CCN2CCC(n3cc(Br)cn3)C2)cn1. The molecule has 1 aliphatic heterocycles. The Labute approximate surface area is 131 Å². The van der Waals surface area contributed by atoms with Gasteiger partial charge in [-0.2, -0.15) is 5.10 Å². The second kappa shape index (κ2) is 6.11. The number of halogens is 1. The smallest absolute Gasteiger partial charge is 0.253 e. The predicted molar refractivity (Wildman–Crippen MR) is 83.3 cm³/mol. The third-order valence-electron chi connectivity index (χ3n) is 3.86. The summed E-state index contributed by atoms with van der Waals surface area (Å²) in [6.45, 7) is 5.39. The van der Waals surface area contributed by atoms with Gasteiger partial charge in [-0.1, -0.05) is 0 Å². The molecule has 0 bridgehead atoms. The standard InChI is InChI=1S/C14H18BrN5O/c1-11-6-14(21)19(10-16-11)5-4-18-3-2-13(9-18)20-8-12(15)7-17-20/h6-8,10,13H,2-5,9H2,1H3. The topological polar surface area (TPSA) is 56.0 Å². The van der Waals surface area contributed by atoms with Crippen molar-refractivity contribution in [1.29, 1.82) is 0 Å². The molecule has 2 aromatic heterocycles. The van der Waals surface area contributed by atoms with E-state index in [1.807, 2.05) is 24.0 Å². The fraction of sp³-hybridized carbons (Fsp3) is 0.500. The summed E-state index contributed by atoms with van der Waals surface area (Å²) < 4.78 is 4.70. The number of hydrogen-bond donors (Lipinski definition) is 0. The third-order valence-corrected chi connectivity index (χ3v) is 4.27. The van der Waals surface area contributed by atoms with Gasteiger partial charge < -0.3 is 0 Å². The number of hydrogen-bond acceptors (Lipinski definition) is 4. The molecule has 2 aromatic rings. The van der Waals surface area contributed by atoms with E-state index >= 15 is 0 Å². The summed E-state index contributed by atoms with van der Waals surface area (Å²) in [5.74, 6) is 0. The number of likely N-dealkylation sites (tertiary alicyclic amines) is 1. The van der Waals surface area contributed by atoms with Crippen molar-refractivity contribution in [1.82, 2.24) is 24.2 Å². The van der Waals surface area contributed by atoms with Gasteiger partial charge in [-0.15, -0.1) is 0 Å². The van der Waals surface area contributed by atoms with Gasteiger partial charge in [0.1, 0.15) is 0 Å². The second-order valence-electron chi connectivity index (χ2n) is 5.44. The molecular formula is C14H18BrN5O. The highest BCUT2D eigenvalue weighted by molar-refractivity contribution is 9.10. The van der Waals surface area contributed by atoms with E-state index in [-0.39, 0.29) is 5.56 Å². The van der Waals surface area contributed by atoms with Gasteiger partial charge in [0.2, 0.25) is 0 Å². The minimum Gasteiger partial charge on any atom is -0.299 e. The lowest BCUT2D eigenvalue weighted by Gasteiger charge is -2.16. The van der Waals surface area contributed by atoms with Crippen molar-refractivity contribution in [2.45, 2.75) is 25.9 Å². The highest BCUT2D eigenvalue weighted by Crippen LogP contribution is 2.22. The van der Waals surface area contributed by atoms with E-state index in [4.69, 9.17) is 0 Å². The molecule has 0 aromatic carbocycles. The summed E-state index contributed by atoms with van der Waals surface area (Å²) in [6, 6.07) is 2.00. The monoisotopic (exact) mass is 351 g/mol. The van der Waals surface area contributed by atoms with Crippen molar-refractivity contribution >= 4 is 15.9 Å². The van der Waals surface area contributed by atoms with Crippen LogP contribution in [0.5, 0.6) is 0 Å². The molecule has 0 amide bonds. The van der Waals surface area contributed by atoms with Crippen molar-refractivity contribution in [2.24, 2.45) is 0 Å². The summed E-state index contributed by atoms with van der Waals surface area (Å²) in [4.78, 5) is 18.4. The molecule has 1 unspecified atom stereocenters. The van der Waals surface area contributed by atoms with E-state index in [1.54, 1.807) is 17.0 Å². The lowest BCUT2D eigenvalue weighted by molar-refractivity contribution is 0.303. The van der Waals surface area contributed by atoms with E-state index in [1.165, 1.54) is 0 Å². The van der Waals surface area contributed by atoms with Crippen LogP contribution in [0.1, 0.15) is 18.2 Å². The first kappa shape index (κ1) is 14.5. The lowest BCUT2D eigenvalue weighted by atomic mass is 10.3. The number of aryl methyl sites for hydroxylation is 1. The quantitative estimate of drug-likeness (QED) is 0.836. The molecule has 0 radical (unpaired) electrons. The Hall–Kier alpha value is -1.47. The molecule has 6 nitrogen and oxygen atoms in total. The Bertz CT molecular complexity index is 680. The molecule has 1 saturated heterocycles. The van der Waals surface area contributed by atoms with Gasteiger partial charge in [-0.05, 0) is 29.3 Å². The summed E-state index contributed by atoms with van der Waals surface area (Å²) >= 11 is 3.43. The molecule has 3 heterocycles. The van der Waals surface area contributed by atoms with Gasteiger partial charge in [0.15, 0.2) is 0 Å². The molecule has 21 heavy (non-hydrogen) atoms. The van der Waals surface area contributed by atoms with Crippen LogP contribution in [0.4, 0.5) is 0 Å². The molecule has 3 rings (SSSR count). The van der Waals surface area contributed by atoms with Gasteiger partial charge >= 0.3 is 0 Å². The lowest BCUT2D eigenvalue weighted by Crippen LogP contribution is -2.30. The second-order valence-corrected chi connectivity index (χ2v) is 6.36. The van der Waals surface area contributed by atoms with Crippen LogP contribution < -0.4 is 5.56 Å². The Morgan fingerprint density at radius 1 is 1.43 bits per heavy atom. The van der Waals surface area contributed by atoms with Crippen LogP contribution >= 0.6 is 15.9 Å². The van der Waals surface area contributed by atoms with Crippen LogP contribution in [0.3, 0.4) is 0 Å². The molecule has 1 atom stereocenters. The zero-order chi connectivity index (χ0) is 14.8. The first-order valence-electron chi connectivity index (χ1n) is 7.07. The first-order valence-corrected chi connectivity index (χ1v) is 7.86. The van der Waals surface area contributed by atoms with Gasteiger partial charge in [0, 0.05) is 44.1 Å². The van der Waals surface area contributed by atoms with Crippen molar-refractivity contribution in [3.63, 3.8) is 0 Å². The Morgan fingerprint density at radius 2 is 2.29 bits per heavy atom. The highest BCUT2D eigenvalue weighted by Gasteiger charge is 2.24. The molecule has 7 heteroatoms. The first-order chi connectivity index (χ1) is 10.1. The van der Waals surface area contributed by atoms with E-state index in [0.717, 1.165) is 36.2 Å². The Balaban J connectivity index is 1.56. The zero-order valence-corrected chi connectivity index (χ0v) is 13.5. The van der Waals surface area contributed by atoms with Gasteiger partial charge in [-0.3, -0.25) is 18.9 Å². The maximum atomic E-state index is 11.8. The molecule has 0 N–H and O–H groups in total. The maximum absolute atomic E-state index is 11.8. The number of aromatic nitrogens is 4. The zero-order valence-electron chi connectivity index (χ0n) is 11.9. The minimum absolute atomic E-state index is 0.0225. The largest absolute Gasteiger partial charge is 0.299 e. The van der Waals surface area contributed by atoms with Crippen molar-refractivity contribution in [3.05, 3.63) is 45.3 Å². The summed E-state index contributed by atoms with van der Waals surface area (Å²) in [6.07, 6.45) is 6.56. The minimum atomic E-state index is 0.0225. The van der Waals surface area contributed by atoms with Crippen LogP contribution in [0.15, 0.2) is 34.1 Å². The molecule has 112 valence electrons. The summed E-state index contributed by atoms with van der Waals surface area (Å²) in [5.41, 5.74) is 0.788. The normalized spacial score (nSPS) is 19.2. The van der Waals surface area contributed by atoms with Gasteiger partial charge in [-0.25, -0.2) is 4.98 Å². The van der Waals surface area contributed by atoms with Crippen LogP contribution in [0.2, 0.25) is 0 Å². The summed E-state index contributed by atoms with van der Waals surface area (Å²) in [7, 11) is 0. The fourth-order valence-corrected chi connectivity index (χ4v) is 2.98. The summed E-state index contributed by atoms with van der Waals surface area (Å²) in [5, 5.41) is 4.35. The molecule has 0 aliphatic carbocycles. The van der Waals surface area contributed by atoms with Crippen LogP contribution in [-0.2, 0) is 6.54 Å². The third kappa shape index (κ3) is 3.41. The average molecular weight is 352 g/mol. The fourth-order valence-electron chi connectivity index (χ4n) is 2.68. The molecular weight excluding hydrogens is 334 g/mol. The Morgan fingerprint density at radius 3 is 3.00 bits per heavy atom. The number of nitrogens with zero attached hydrogens (tertiary/aromatic N) is 5. The van der Waals surface area contributed by atoms with Crippen LogP contribution in [-0.4, -0.2) is 43.9 Å². The van der Waals surface area contributed by atoms with Gasteiger partial charge in [0.25, 0.3) is 5.56 Å². The molecule has 0 spiro atoms. The van der Waals surface area contributed by atoms with Crippen molar-refractivity contribution in [2.75, 3.05) is 19.6 Å². The van der Waals surface area contributed by atoms with E-state index in [0.29, 0.717) is 12.6 Å². The average Bonchev–Trinajstić information content (AvgIpc) is 3.06. The van der Waals surface area contributed by atoms with Crippen LogP contribution in [0, 0.1) is 6.92 Å². The highest BCUT2D eigenvalue weighted by atomic mass is 79.9. The predicted octanol–water partition coefficient (Wildman–Crippen LogP) is 1.46. The number of rotatable bonds is 4. The van der Waals surface area contributed by atoms with Gasteiger partial charge in [0.05, 0.1) is 23.0 Å². The van der Waals surface area contributed by atoms with E-state index < -0.39 is 0 Å². The van der Waals surface area contributed by atoms with E-state index in [2.05, 4.69) is 30.9 Å². The van der Waals surface area contributed by atoms with Crippen molar-refractivity contribution < 1.29 is 0 Å². The maximum Gasteiger partial charge on any atom is 0.253 e. The van der Waals surface area contributed by atoms with E-state index in [9.17, 15) is 4.79 Å². The Kier molecular flexibility index (Phi) is 4.21. The van der Waals surface area contributed by atoms with Crippen LogP contribution in [0.25, 0.3) is 0 Å².